The van der Waals surface area contributed by atoms with Gasteiger partial charge in [-0.25, -0.2) is 4.79 Å². The van der Waals surface area contributed by atoms with Crippen LogP contribution < -0.4 is 0 Å². The maximum atomic E-state index is 11.7. The number of benzene rings is 1. The second-order valence-electron chi connectivity index (χ2n) is 3.70. The van der Waals surface area contributed by atoms with Crippen LogP contribution in [-0.4, -0.2) is 19.2 Å². The van der Waals surface area contributed by atoms with E-state index in [1.54, 1.807) is 6.92 Å². The molecule has 2 rings (SSSR count). The third kappa shape index (κ3) is 1.75. The van der Waals surface area contributed by atoms with E-state index in [0.717, 1.165) is 5.56 Å². The first-order chi connectivity index (χ1) is 7.19. The van der Waals surface area contributed by atoms with Crippen molar-refractivity contribution in [1.82, 2.24) is 0 Å². The molecule has 1 unspecified atom stereocenters. The van der Waals surface area contributed by atoms with Crippen LogP contribution in [0.4, 0.5) is 0 Å². The first-order valence-corrected chi connectivity index (χ1v) is 5.07. The smallest absolute Gasteiger partial charge is 0.345 e. The van der Waals surface area contributed by atoms with Gasteiger partial charge in [-0.3, -0.25) is 0 Å². The van der Waals surface area contributed by atoms with E-state index in [9.17, 15) is 4.79 Å². The second kappa shape index (κ2) is 3.66. The number of esters is 1. The largest absolute Gasteiger partial charge is 0.464 e. The Balaban J connectivity index is 2.22. The molecule has 1 aliphatic heterocycles. The molecule has 3 nitrogen and oxygen atoms in total. The Labute approximate surface area is 89.0 Å². The average molecular weight is 206 g/mol. The number of rotatable bonds is 3. The maximum Gasteiger partial charge on any atom is 0.345 e. The van der Waals surface area contributed by atoms with E-state index in [1.807, 2.05) is 31.2 Å². The van der Waals surface area contributed by atoms with Gasteiger partial charge in [-0.05, 0) is 19.4 Å². The Hall–Kier alpha value is -1.35. The first-order valence-electron chi connectivity index (χ1n) is 5.07. The number of hydrogen-bond donors (Lipinski definition) is 0. The van der Waals surface area contributed by atoms with Gasteiger partial charge < -0.3 is 9.47 Å². The molecule has 1 aromatic carbocycles. The summed E-state index contributed by atoms with van der Waals surface area (Å²) in [5.74, 6) is -0.283. The van der Waals surface area contributed by atoms with Crippen molar-refractivity contribution in [2.75, 3.05) is 13.2 Å². The van der Waals surface area contributed by atoms with Gasteiger partial charge in [-0.15, -0.1) is 0 Å². The molecule has 1 aliphatic rings. The molecular formula is C12H14O3. The highest BCUT2D eigenvalue weighted by molar-refractivity contribution is 5.84. The van der Waals surface area contributed by atoms with E-state index in [1.165, 1.54) is 5.56 Å². The number of ether oxygens (including phenoxy) is 2. The molecule has 80 valence electrons. The van der Waals surface area contributed by atoms with E-state index < -0.39 is 5.60 Å². The molecule has 0 radical (unpaired) electrons. The summed E-state index contributed by atoms with van der Waals surface area (Å²) in [6, 6.07) is 7.77. The average Bonchev–Trinajstić information content (AvgIpc) is 3.00. The molecule has 0 spiro atoms. The van der Waals surface area contributed by atoms with Gasteiger partial charge in [0, 0.05) is 0 Å². The van der Waals surface area contributed by atoms with Crippen molar-refractivity contribution in [3.63, 3.8) is 0 Å². The summed E-state index contributed by atoms with van der Waals surface area (Å²) in [5.41, 5.74) is 1.23. The van der Waals surface area contributed by atoms with Crippen LogP contribution in [0, 0.1) is 6.92 Å². The Kier molecular flexibility index (Phi) is 2.49. The number of carbonyl (C=O) groups is 1. The fourth-order valence-electron chi connectivity index (χ4n) is 1.54. The molecule has 1 atom stereocenters. The van der Waals surface area contributed by atoms with Crippen LogP contribution in [0.15, 0.2) is 24.3 Å². The molecule has 1 aromatic rings. The fraction of sp³-hybridized carbons (Fsp3) is 0.417. The third-order valence-electron chi connectivity index (χ3n) is 2.56. The summed E-state index contributed by atoms with van der Waals surface area (Å²) >= 11 is 0. The third-order valence-corrected chi connectivity index (χ3v) is 2.56. The van der Waals surface area contributed by atoms with Gasteiger partial charge in [0.05, 0.1) is 13.2 Å². The first kappa shape index (κ1) is 10.2. The van der Waals surface area contributed by atoms with E-state index in [-0.39, 0.29) is 5.97 Å². The van der Waals surface area contributed by atoms with Crippen LogP contribution in [-0.2, 0) is 19.9 Å². The molecule has 0 bridgehead atoms. The molecule has 15 heavy (non-hydrogen) atoms. The van der Waals surface area contributed by atoms with Crippen molar-refractivity contribution < 1.29 is 14.3 Å². The van der Waals surface area contributed by atoms with Gasteiger partial charge in [-0.1, -0.05) is 29.8 Å². The lowest BCUT2D eigenvalue weighted by Gasteiger charge is -2.10. The zero-order valence-corrected chi connectivity index (χ0v) is 8.95. The minimum Gasteiger partial charge on any atom is -0.464 e. The van der Waals surface area contributed by atoms with Crippen molar-refractivity contribution in [3.8, 4) is 0 Å². The summed E-state index contributed by atoms with van der Waals surface area (Å²) in [4.78, 5) is 11.7. The summed E-state index contributed by atoms with van der Waals surface area (Å²) < 4.78 is 10.3. The predicted molar refractivity (Wildman–Crippen MR) is 55.4 cm³/mol. The van der Waals surface area contributed by atoms with Gasteiger partial charge in [0.1, 0.15) is 0 Å². The van der Waals surface area contributed by atoms with Crippen LogP contribution in [0.25, 0.3) is 0 Å². The highest BCUT2D eigenvalue weighted by atomic mass is 16.6. The summed E-state index contributed by atoms with van der Waals surface area (Å²) in [6.45, 7) is 4.61. The molecule has 1 fully saturated rings. The number of hydrogen-bond acceptors (Lipinski definition) is 3. The lowest BCUT2D eigenvalue weighted by Crippen LogP contribution is -2.24. The SMILES string of the molecule is CCOC(=O)C1(c2ccc(C)cc2)CO1. The topological polar surface area (TPSA) is 38.8 Å². The van der Waals surface area contributed by atoms with Crippen LogP contribution in [0.2, 0.25) is 0 Å². The molecule has 3 heteroatoms. The summed E-state index contributed by atoms with van der Waals surface area (Å²) in [7, 11) is 0. The number of aryl methyl sites for hydroxylation is 1. The summed E-state index contributed by atoms with van der Waals surface area (Å²) in [5, 5.41) is 0. The Morgan fingerprint density at radius 1 is 1.47 bits per heavy atom. The zero-order valence-electron chi connectivity index (χ0n) is 8.95. The fourth-order valence-corrected chi connectivity index (χ4v) is 1.54. The van der Waals surface area contributed by atoms with E-state index in [0.29, 0.717) is 13.2 Å². The van der Waals surface area contributed by atoms with Crippen LogP contribution in [0.5, 0.6) is 0 Å². The quantitative estimate of drug-likeness (QED) is 0.559. The lowest BCUT2D eigenvalue weighted by molar-refractivity contribution is -0.149. The van der Waals surface area contributed by atoms with Crippen molar-refractivity contribution in [2.45, 2.75) is 19.4 Å². The van der Waals surface area contributed by atoms with Gasteiger partial charge in [0.25, 0.3) is 0 Å². The Morgan fingerprint density at radius 2 is 2.07 bits per heavy atom. The van der Waals surface area contributed by atoms with Crippen molar-refractivity contribution in [3.05, 3.63) is 35.4 Å². The van der Waals surface area contributed by atoms with Gasteiger partial charge in [0.15, 0.2) is 0 Å². The highest BCUT2D eigenvalue weighted by Crippen LogP contribution is 2.39. The molecule has 1 heterocycles. The summed E-state index contributed by atoms with van der Waals surface area (Å²) in [6.07, 6.45) is 0. The lowest BCUT2D eigenvalue weighted by atomic mass is 9.99. The monoisotopic (exact) mass is 206 g/mol. The zero-order chi connectivity index (χ0) is 10.9. The Morgan fingerprint density at radius 3 is 2.53 bits per heavy atom. The second-order valence-corrected chi connectivity index (χ2v) is 3.70. The van der Waals surface area contributed by atoms with E-state index in [4.69, 9.17) is 9.47 Å². The highest BCUT2D eigenvalue weighted by Gasteiger charge is 2.55. The van der Waals surface area contributed by atoms with Crippen molar-refractivity contribution in [2.24, 2.45) is 0 Å². The number of carbonyl (C=O) groups excluding carboxylic acids is 1. The standard InChI is InChI=1S/C12H14O3/c1-3-14-11(13)12(8-15-12)10-6-4-9(2)5-7-10/h4-7H,3,8H2,1-2H3. The molecule has 0 aliphatic carbocycles. The minimum absolute atomic E-state index is 0.283. The molecular weight excluding hydrogens is 192 g/mol. The normalized spacial score (nSPS) is 23.6. The molecule has 0 aromatic heterocycles. The number of epoxide rings is 1. The molecule has 0 saturated carbocycles. The predicted octanol–water partition coefficient (Wildman–Crippen LogP) is 1.78. The molecule has 1 saturated heterocycles. The van der Waals surface area contributed by atoms with Crippen LogP contribution in [0.3, 0.4) is 0 Å². The van der Waals surface area contributed by atoms with Crippen LogP contribution >= 0.6 is 0 Å². The van der Waals surface area contributed by atoms with Gasteiger partial charge in [0.2, 0.25) is 5.60 Å². The van der Waals surface area contributed by atoms with Crippen LogP contribution in [0.1, 0.15) is 18.1 Å². The maximum absolute atomic E-state index is 11.7. The van der Waals surface area contributed by atoms with Crippen molar-refractivity contribution >= 4 is 5.97 Å². The molecule has 0 N–H and O–H groups in total. The van der Waals surface area contributed by atoms with E-state index >= 15 is 0 Å². The Bertz CT molecular complexity index is 363. The molecule has 0 amide bonds. The van der Waals surface area contributed by atoms with Gasteiger partial charge >= 0.3 is 5.97 Å². The van der Waals surface area contributed by atoms with Gasteiger partial charge in [-0.2, -0.15) is 0 Å². The minimum atomic E-state index is -0.816. The van der Waals surface area contributed by atoms with E-state index in [2.05, 4.69) is 0 Å². The van der Waals surface area contributed by atoms with Crippen molar-refractivity contribution in [1.29, 1.82) is 0 Å².